The fraction of sp³-hybridized carbons (Fsp3) is 0.538. The van der Waals surface area contributed by atoms with Crippen molar-refractivity contribution in [1.82, 2.24) is 14.9 Å². The van der Waals surface area contributed by atoms with Gasteiger partial charge in [0.2, 0.25) is 5.82 Å². The van der Waals surface area contributed by atoms with Crippen LogP contribution in [-0.4, -0.2) is 39.7 Å². The van der Waals surface area contributed by atoms with E-state index < -0.39 is 5.60 Å². The highest BCUT2D eigenvalue weighted by Gasteiger charge is 2.37. The van der Waals surface area contributed by atoms with Crippen molar-refractivity contribution in [3.8, 4) is 0 Å². The molecule has 1 aliphatic heterocycles. The zero-order chi connectivity index (χ0) is 14.0. The molecule has 1 fully saturated rings. The van der Waals surface area contributed by atoms with Gasteiger partial charge in [-0.3, -0.25) is 0 Å². The Balaban J connectivity index is 1.93. The maximum atomic E-state index is 11.8. The molecule has 0 atom stereocenters. The second kappa shape index (κ2) is 4.84. The number of likely N-dealkylation sites (tertiary alicyclic amines) is 1. The first kappa shape index (κ1) is 13.3. The maximum absolute atomic E-state index is 11.8. The molecule has 1 amide bonds. The highest BCUT2D eigenvalue weighted by molar-refractivity contribution is 5.69. The van der Waals surface area contributed by atoms with Gasteiger partial charge in [0, 0.05) is 19.3 Å². The van der Waals surface area contributed by atoms with E-state index in [1.807, 2.05) is 20.8 Å². The summed E-state index contributed by atoms with van der Waals surface area (Å²) in [7, 11) is 0. The summed E-state index contributed by atoms with van der Waals surface area (Å²) in [6, 6.07) is 1.57. The average Bonchev–Trinajstić information content (AvgIpc) is 2.25. The minimum Gasteiger partial charge on any atom is -0.444 e. The molecule has 6 nitrogen and oxygen atoms in total. The SMILES string of the molecule is [C-]#[N+]c1ccnc(C2CN(C(=O)OC(C)(C)C)C2)n1. The van der Waals surface area contributed by atoms with Crippen molar-refractivity contribution >= 4 is 11.9 Å². The van der Waals surface area contributed by atoms with Crippen LogP contribution in [0.1, 0.15) is 32.5 Å². The second-order valence-corrected chi connectivity index (χ2v) is 5.47. The Morgan fingerprint density at radius 2 is 2.21 bits per heavy atom. The van der Waals surface area contributed by atoms with Gasteiger partial charge in [0.1, 0.15) is 5.60 Å². The molecule has 0 radical (unpaired) electrons. The molecule has 19 heavy (non-hydrogen) atoms. The second-order valence-electron chi connectivity index (χ2n) is 5.47. The number of carbonyl (C=O) groups is 1. The van der Waals surface area contributed by atoms with Crippen molar-refractivity contribution in [2.24, 2.45) is 0 Å². The largest absolute Gasteiger partial charge is 0.444 e. The lowest BCUT2D eigenvalue weighted by atomic mass is 10.00. The van der Waals surface area contributed by atoms with Crippen LogP contribution >= 0.6 is 0 Å². The lowest BCUT2D eigenvalue weighted by Gasteiger charge is -2.37. The third kappa shape index (κ3) is 3.19. The van der Waals surface area contributed by atoms with Gasteiger partial charge >= 0.3 is 6.09 Å². The van der Waals surface area contributed by atoms with Crippen LogP contribution in [0.5, 0.6) is 0 Å². The van der Waals surface area contributed by atoms with Gasteiger partial charge in [0.05, 0.1) is 5.92 Å². The summed E-state index contributed by atoms with van der Waals surface area (Å²) in [5.41, 5.74) is -0.483. The normalized spacial score (nSPS) is 15.6. The summed E-state index contributed by atoms with van der Waals surface area (Å²) in [4.78, 5) is 24.9. The van der Waals surface area contributed by atoms with Gasteiger partial charge in [-0.25, -0.2) is 9.78 Å². The van der Waals surface area contributed by atoms with E-state index in [9.17, 15) is 4.79 Å². The third-order valence-electron chi connectivity index (χ3n) is 2.67. The number of amides is 1. The topological polar surface area (TPSA) is 59.7 Å². The van der Waals surface area contributed by atoms with E-state index in [1.165, 1.54) is 0 Å². The van der Waals surface area contributed by atoms with Crippen LogP contribution in [0.15, 0.2) is 12.3 Å². The predicted octanol–water partition coefficient (Wildman–Crippen LogP) is 2.36. The molecular weight excluding hydrogens is 244 g/mol. The number of carbonyl (C=O) groups excluding carboxylic acids is 1. The molecule has 0 bridgehead atoms. The van der Waals surface area contributed by atoms with Crippen molar-refractivity contribution in [3.05, 3.63) is 29.5 Å². The molecule has 1 aromatic rings. The molecule has 0 unspecified atom stereocenters. The maximum Gasteiger partial charge on any atom is 0.410 e. The first-order valence-electron chi connectivity index (χ1n) is 6.07. The molecule has 6 heteroatoms. The Morgan fingerprint density at radius 3 is 2.79 bits per heavy atom. The lowest BCUT2D eigenvalue weighted by molar-refractivity contribution is 0.00754. The van der Waals surface area contributed by atoms with Crippen LogP contribution in [0.25, 0.3) is 4.85 Å². The summed E-state index contributed by atoms with van der Waals surface area (Å²) in [6.45, 7) is 13.5. The van der Waals surface area contributed by atoms with Crippen molar-refractivity contribution in [3.63, 3.8) is 0 Å². The molecule has 0 aromatic carbocycles. The van der Waals surface area contributed by atoms with E-state index in [1.54, 1.807) is 17.2 Å². The van der Waals surface area contributed by atoms with Crippen LogP contribution < -0.4 is 0 Å². The molecule has 1 saturated heterocycles. The van der Waals surface area contributed by atoms with E-state index >= 15 is 0 Å². The van der Waals surface area contributed by atoms with Gasteiger partial charge in [-0.05, 0) is 26.8 Å². The molecular formula is C13H16N4O2. The van der Waals surface area contributed by atoms with Gasteiger partial charge in [0.25, 0.3) is 5.82 Å². The van der Waals surface area contributed by atoms with Crippen LogP contribution in [-0.2, 0) is 4.74 Å². The van der Waals surface area contributed by atoms with Gasteiger partial charge in [-0.15, -0.1) is 4.98 Å². The van der Waals surface area contributed by atoms with E-state index in [2.05, 4.69) is 14.8 Å². The molecule has 100 valence electrons. The van der Waals surface area contributed by atoms with Crippen LogP contribution in [0.4, 0.5) is 10.6 Å². The van der Waals surface area contributed by atoms with E-state index in [-0.39, 0.29) is 12.0 Å². The minimum atomic E-state index is -0.483. The number of aromatic nitrogens is 2. The standard InChI is InChI=1S/C13H16N4O2/c1-13(2,3)19-12(18)17-7-9(8-17)11-15-6-5-10(14-4)16-11/h5-6,9H,7-8H2,1-3H3. The molecule has 0 spiro atoms. The number of hydrogen-bond acceptors (Lipinski definition) is 4. The molecule has 1 aromatic heterocycles. The molecule has 2 heterocycles. The highest BCUT2D eigenvalue weighted by atomic mass is 16.6. The first-order chi connectivity index (χ1) is 8.89. The Morgan fingerprint density at radius 1 is 1.53 bits per heavy atom. The zero-order valence-electron chi connectivity index (χ0n) is 11.3. The Labute approximate surface area is 112 Å². The molecule has 0 aliphatic carbocycles. The monoisotopic (exact) mass is 260 g/mol. The quantitative estimate of drug-likeness (QED) is 0.727. The van der Waals surface area contributed by atoms with E-state index in [4.69, 9.17) is 11.3 Å². The lowest BCUT2D eigenvalue weighted by Crippen LogP contribution is -2.50. The number of ether oxygens (including phenoxy) is 1. The van der Waals surface area contributed by atoms with Crippen molar-refractivity contribution in [2.75, 3.05) is 13.1 Å². The fourth-order valence-corrected chi connectivity index (χ4v) is 1.74. The average molecular weight is 260 g/mol. The Bertz CT molecular complexity index is 524. The number of rotatable bonds is 1. The predicted molar refractivity (Wildman–Crippen MR) is 68.8 cm³/mol. The Hall–Kier alpha value is -2.16. The van der Waals surface area contributed by atoms with Crippen LogP contribution in [0.3, 0.4) is 0 Å². The van der Waals surface area contributed by atoms with E-state index in [0.29, 0.717) is 24.7 Å². The van der Waals surface area contributed by atoms with Gasteiger partial charge in [-0.1, -0.05) is 6.57 Å². The molecule has 1 aliphatic rings. The molecule has 0 saturated carbocycles. The van der Waals surface area contributed by atoms with Crippen LogP contribution in [0, 0.1) is 6.57 Å². The van der Waals surface area contributed by atoms with Crippen molar-refractivity contribution in [1.29, 1.82) is 0 Å². The molecule has 2 rings (SSSR count). The summed E-state index contributed by atoms with van der Waals surface area (Å²) in [5.74, 6) is 1.04. The first-order valence-corrected chi connectivity index (χ1v) is 6.07. The van der Waals surface area contributed by atoms with E-state index in [0.717, 1.165) is 0 Å². The van der Waals surface area contributed by atoms with Crippen LogP contribution in [0.2, 0.25) is 0 Å². The third-order valence-corrected chi connectivity index (χ3v) is 2.67. The zero-order valence-corrected chi connectivity index (χ0v) is 11.3. The number of nitrogens with zero attached hydrogens (tertiary/aromatic N) is 4. The fourth-order valence-electron chi connectivity index (χ4n) is 1.74. The Kier molecular flexibility index (Phi) is 3.38. The summed E-state index contributed by atoms with van der Waals surface area (Å²) < 4.78 is 5.27. The van der Waals surface area contributed by atoms with Gasteiger partial charge in [0.15, 0.2) is 0 Å². The summed E-state index contributed by atoms with van der Waals surface area (Å²) >= 11 is 0. The summed E-state index contributed by atoms with van der Waals surface area (Å²) in [5, 5.41) is 0. The van der Waals surface area contributed by atoms with Crippen molar-refractivity contribution < 1.29 is 9.53 Å². The minimum absolute atomic E-state index is 0.0919. The smallest absolute Gasteiger partial charge is 0.410 e. The molecule has 0 N–H and O–H groups in total. The number of hydrogen-bond donors (Lipinski definition) is 0. The van der Waals surface area contributed by atoms with Gasteiger partial charge in [-0.2, -0.15) is 0 Å². The van der Waals surface area contributed by atoms with Crippen molar-refractivity contribution in [2.45, 2.75) is 32.3 Å². The van der Waals surface area contributed by atoms with Gasteiger partial charge < -0.3 is 14.5 Å². The highest BCUT2D eigenvalue weighted by Crippen LogP contribution is 2.26. The summed E-state index contributed by atoms with van der Waals surface area (Å²) in [6.07, 6.45) is 1.26.